The fourth-order valence-corrected chi connectivity index (χ4v) is 4.36. The topological polar surface area (TPSA) is 118 Å². The van der Waals surface area contributed by atoms with Gasteiger partial charge in [0.25, 0.3) is 5.91 Å². The molecule has 10 nitrogen and oxygen atoms in total. The third kappa shape index (κ3) is 6.21. The van der Waals surface area contributed by atoms with Crippen LogP contribution in [0.1, 0.15) is 66.4 Å². The van der Waals surface area contributed by atoms with E-state index in [4.69, 9.17) is 4.42 Å². The molecule has 1 aromatic carbocycles. The Morgan fingerprint density at radius 2 is 1.82 bits per heavy atom. The number of likely N-dealkylation sites (tertiary alicyclic amines) is 1. The van der Waals surface area contributed by atoms with Crippen LogP contribution in [0.2, 0.25) is 0 Å². The number of alkyl halides is 3. The summed E-state index contributed by atoms with van der Waals surface area (Å²) in [5, 5.41) is 17.0. The van der Waals surface area contributed by atoms with E-state index in [1.165, 1.54) is 0 Å². The van der Waals surface area contributed by atoms with Gasteiger partial charge in [0.15, 0.2) is 5.69 Å². The summed E-state index contributed by atoms with van der Waals surface area (Å²) in [4.78, 5) is 27.2. The SMILES string of the molecule is CC(C)c1nnc([C@@H]2CC[C@@H](C(=O)NCCNC(=O)c3cn(-c4ccccc4)nc3C(F)(F)F)N(C)C2)o1. The number of nitrogens with one attached hydrogen (secondary N) is 2. The number of rotatable bonds is 8. The van der Waals surface area contributed by atoms with Crippen molar-refractivity contribution in [2.24, 2.45) is 0 Å². The maximum absolute atomic E-state index is 13.5. The van der Waals surface area contributed by atoms with E-state index in [0.717, 1.165) is 10.9 Å². The quantitative estimate of drug-likeness (QED) is 0.427. The molecule has 0 spiro atoms. The molecule has 2 amide bonds. The minimum atomic E-state index is -4.80. The summed E-state index contributed by atoms with van der Waals surface area (Å²) in [5.41, 5.74) is -1.47. The van der Waals surface area contributed by atoms with E-state index >= 15 is 0 Å². The van der Waals surface area contributed by atoms with Crippen molar-refractivity contribution in [1.29, 1.82) is 0 Å². The molecule has 2 N–H and O–H groups in total. The number of hydrogen-bond acceptors (Lipinski definition) is 7. The van der Waals surface area contributed by atoms with Gasteiger partial charge in [0, 0.05) is 31.7 Å². The van der Waals surface area contributed by atoms with Crippen molar-refractivity contribution in [3.63, 3.8) is 0 Å². The second kappa shape index (κ2) is 11.3. The van der Waals surface area contributed by atoms with Gasteiger partial charge in [-0.3, -0.25) is 14.5 Å². The summed E-state index contributed by atoms with van der Waals surface area (Å²) in [6, 6.07) is 7.82. The average Bonchev–Trinajstić information content (AvgIpc) is 3.55. The highest BCUT2D eigenvalue weighted by atomic mass is 19.4. The fraction of sp³-hybridized carbons (Fsp3) is 0.480. The molecule has 3 aromatic rings. The zero-order valence-electron chi connectivity index (χ0n) is 21.3. The van der Waals surface area contributed by atoms with Crippen LogP contribution in [0.3, 0.4) is 0 Å². The molecule has 2 aromatic heterocycles. The summed E-state index contributed by atoms with van der Waals surface area (Å²) in [6.07, 6.45) is -2.48. The fourth-order valence-electron chi connectivity index (χ4n) is 4.36. The van der Waals surface area contributed by atoms with Crippen LogP contribution in [0.5, 0.6) is 0 Å². The van der Waals surface area contributed by atoms with Gasteiger partial charge in [0.05, 0.1) is 23.2 Å². The first kappa shape index (κ1) is 27.3. The second-order valence-electron chi connectivity index (χ2n) is 9.58. The molecule has 0 saturated carbocycles. The van der Waals surface area contributed by atoms with E-state index < -0.39 is 23.3 Å². The molecule has 1 aliphatic rings. The van der Waals surface area contributed by atoms with E-state index in [1.54, 1.807) is 30.3 Å². The highest BCUT2D eigenvalue weighted by Gasteiger charge is 2.39. The van der Waals surface area contributed by atoms with Crippen molar-refractivity contribution >= 4 is 11.8 Å². The first-order valence-corrected chi connectivity index (χ1v) is 12.4. The van der Waals surface area contributed by atoms with Gasteiger partial charge in [-0.15, -0.1) is 10.2 Å². The maximum atomic E-state index is 13.5. The number of para-hydroxylation sites is 1. The molecule has 0 aliphatic carbocycles. The highest BCUT2D eigenvalue weighted by molar-refractivity contribution is 5.95. The van der Waals surface area contributed by atoms with Crippen molar-refractivity contribution in [3.8, 4) is 5.69 Å². The smallest absolute Gasteiger partial charge is 0.425 e. The van der Waals surface area contributed by atoms with Gasteiger partial charge in [-0.2, -0.15) is 18.3 Å². The zero-order valence-corrected chi connectivity index (χ0v) is 21.3. The number of likely N-dealkylation sites (N-methyl/N-ethyl adjacent to an activating group) is 1. The molecule has 3 heterocycles. The monoisotopic (exact) mass is 533 g/mol. The predicted molar refractivity (Wildman–Crippen MR) is 131 cm³/mol. The Bertz CT molecular complexity index is 1260. The van der Waals surface area contributed by atoms with Crippen LogP contribution in [0.15, 0.2) is 40.9 Å². The van der Waals surface area contributed by atoms with Gasteiger partial charge < -0.3 is 15.1 Å². The van der Waals surface area contributed by atoms with Crippen molar-refractivity contribution in [3.05, 3.63) is 59.6 Å². The Morgan fingerprint density at radius 3 is 2.45 bits per heavy atom. The Morgan fingerprint density at radius 1 is 1.11 bits per heavy atom. The summed E-state index contributed by atoms with van der Waals surface area (Å²) >= 11 is 0. The van der Waals surface area contributed by atoms with Crippen molar-refractivity contribution in [2.45, 2.75) is 50.7 Å². The summed E-state index contributed by atoms with van der Waals surface area (Å²) < 4.78 is 47.3. The number of piperidine rings is 1. The first-order valence-electron chi connectivity index (χ1n) is 12.4. The number of benzene rings is 1. The number of amides is 2. The summed E-state index contributed by atoms with van der Waals surface area (Å²) in [5.74, 6) is 0.170. The summed E-state index contributed by atoms with van der Waals surface area (Å²) in [7, 11) is 1.83. The van der Waals surface area contributed by atoms with Gasteiger partial charge in [-0.25, -0.2) is 4.68 Å². The molecule has 0 bridgehead atoms. The number of nitrogens with zero attached hydrogens (tertiary/aromatic N) is 5. The lowest BCUT2D eigenvalue weighted by Crippen LogP contribution is -2.50. The molecule has 1 aliphatic heterocycles. The van der Waals surface area contributed by atoms with Gasteiger partial charge >= 0.3 is 6.18 Å². The van der Waals surface area contributed by atoms with E-state index in [-0.39, 0.29) is 36.9 Å². The minimum Gasteiger partial charge on any atom is -0.425 e. The van der Waals surface area contributed by atoms with Gasteiger partial charge in [0.2, 0.25) is 17.7 Å². The van der Waals surface area contributed by atoms with Crippen LogP contribution in [0.25, 0.3) is 5.69 Å². The normalized spacial score (nSPS) is 18.5. The molecular weight excluding hydrogens is 503 g/mol. The van der Waals surface area contributed by atoms with E-state index in [0.29, 0.717) is 36.9 Å². The molecule has 204 valence electrons. The van der Waals surface area contributed by atoms with E-state index in [9.17, 15) is 22.8 Å². The number of aromatic nitrogens is 4. The molecule has 1 fully saturated rings. The third-order valence-corrected chi connectivity index (χ3v) is 6.39. The molecule has 0 unspecified atom stereocenters. The standard InChI is InChI=1S/C25H30F3N7O3/c1-15(2)23-31-32-24(38-23)16-9-10-19(34(3)13-16)22(37)30-12-11-29-21(36)18-14-35(17-7-5-4-6-8-17)33-20(18)25(26,27)28/h4-8,14-16,19H,9-13H2,1-3H3,(H,29,36)(H,30,37)/t16-,19+/m1/s1. The Kier molecular flexibility index (Phi) is 8.14. The highest BCUT2D eigenvalue weighted by Crippen LogP contribution is 2.32. The number of carbonyl (C=O) groups excluding carboxylic acids is 2. The molecular formula is C25H30F3N7O3. The molecule has 4 rings (SSSR count). The van der Waals surface area contributed by atoms with Crippen LogP contribution in [-0.2, 0) is 11.0 Å². The van der Waals surface area contributed by atoms with Crippen LogP contribution in [-0.4, -0.2) is 69.4 Å². The molecule has 13 heteroatoms. The minimum absolute atomic E-state index is 0.0305. The lowest BCUT2D eigenvalue weighted by Gasteiger charge is -2.34. The summed E-state index contributed by atoms with van der Waals surface area (Å²) in [6.45, 7) is 4.53. The van der Waals surface area contributed by atoms with Crippen LogP contribution < -0.4 is 10.6 Å². The van der Waals surface area contributed by atoms with Gasteiger partial charge in [-0.05, 0) is 32.0 Å². The average molecular weight is 534 g/mol. The lowest BCUT2D eigenvalue weighted by molar-refractivity contribution is -0.141. The van der Waals surface area contributed by atoms with Crippen molar-refractivity contribution in [2.75, 3.05) is 26.7 Å². The van der Waals surface area contributed by atoms with Crippen molar-refractivity contribution in [1.82, 2.24) is 35.5 Å². The van der Waals surface area contributed by atoms with E-state index in [1.807, 2.05) is 25.8 Å². The molecule has 1 saturated heterocycles. The molecule has 38 heavy (non-hydrogen) atoms. The predicted octanol–water partition coefficient (Wildman–Crippen LogP) is 3.12. The van der Waals surface area contributed by atoms with Crippen LogP contribution >= 0.6 is 0 Å². The Hall–Kier alpha value is -3.74. The zero-order chi connectivity index (χ0) is 27.4. The second-order valence-corrected chi connectivity index (χ2v) is 9.58. The van der Waals surface area contributed by atoms with Crippen LogP contribution in [0.4, 0.5) is 13.2 Å². The Labute approximate surface area is 217 Å². The van der Waals surface area contributed by atoms with Crippen LogP contribution in [0, 0.1) is 0 Å². The molecule has 2 atom stereocenters. The van der Waals surface area contributed by atoms with Gasteiger partial charge in [-0.1, -0.05) is 32.0 Å². The molecule has 0 radical (unpaired) electrons. The van der Waals surface area contributed by atoms with Gasteiger partial charge in [0.1, 0.15) is 0 Å². The van der Waals surface area contributed by atoms with E-state index in [2.05, 4.69) is 25.9 Å². The Balaban J connectivity index is 1.28. The maximum Gasteiger partial charge on any atom is 0.435 e. The van der Waals surface area contributed by atoms with Crippen molar-refractivity contribution < 1.29 is 27.2 Å². The number of hydrogen-bond donors (Lipinski definition) is 2. The number of halogens is 3. The third-order valence-electron chi connectivity index (χ3n) is 6.39. The largest absolute Gasteiger partial charge is 0.435 e. The number of carbonyl (C=O) groups is 2. The first-order chi connectivity index (χ1) is 18.0. The lowest BCUT2D eigenvalue weighted by atomic mass is 9.92.